The SMILES string of the molecule is CCCNc1cc(NC2CCCC2)cc([N+](=O)[O-])c1. The summed E-state index contributed by atoms with van der Waals surface area (Å²) in [5.41, 5.74) is 1.80. The third-order valence-corrected chi connectivity index (χ3v) is 3.43. The maximum atomic E-state index is 11.0. The summed E-state index contributed by atoms with van der Waals surface area (Å²) in [4.78, 5) is 10.6. The van der Waals surface area contributed by atoms with Crippen molar-refractivity contribution < 1.29 is 4.92 Å². The largest absolute Gasteiger partial charge is 0.385 e. The van der Waals surface area contributed by atoms with Crippen LogP contribution in [0.3, 0.4) is 0 Å². The fourth-order valence-corrected chi connectivity index (χ4v) is 2.48. The molecule has 5 nitrogen and oxygen atoms in total. The molecule has 0 unspecified atom stereocenters. The molecule has 0 saturated heterocycles. The molecular formula is C14H21N3O2. The third-order valence-electron chi connectivity index (χ3n) is 3.43. The van der Waals surface area contributed by atoms with Crippen LogP contribution in [0.5, 0.6) is 0 Å². The zero-order valence-corrected chi connectivity index (χ0v) is 11.3. The van der Waals surface area contributed by atoms with Crippen LogP contribution in [0.1, 0.15) is 39.0 Å². The fraction of sp³-hybridized carbons (Fsp3) is 0.571. The minimum absolute atomic E-state index is 0.140. The first-order valence-corrected chi connectivity index (χ1v) is 6.99. The number of nitrogens with one attached hydrogen (secondary N) is 2. The highest BCUT2D eigenvalue weighted by molar-refractivity contribution is 5.63. The van der Waals surface area contributed by atoms with Gasteiger partial charge in [-0.15, -0.1) is 0 Å². The van der Waals surface area contributed by atoms with Gasteiger partial charge in [0.1, 0.15) is 0 Å². The van der Waals surface area contributed by atoms with Crippen LogP contribution in [0, 0.1) is 10.1 Å². The molecular weight excluding hydrogens is 242 g/mol. The lowest BCUT2D eigenvalue weighted by atomic mass is 10.2. The van der Waals surface area contributed by atoms with Crippen LogP contribution in [0.2, 0.25) is 0 Å². The van der Waals surface area contributed by atoms with Gasteiger partial charge >= 0.3 is 0 Å². The van der Waals surface area contributed by atoms with E-state index in [4.69, 9.17) is 0 Å². The Morgan fingerprint density at radius 2 is 1.95 bits per heavy atom. The summed E-state index contributed by atoms with van der Waals surface area (Å²) in [6, 6.07) is 5.63. The Hall–Kier alpha value is -1.78. The zero-order valence-electron chi connectivity index (χ0n) is 11.3. The molecule has 19 heavy (non-hydrogen) atoms. The highest BCUT2D eigenvalue weighted by Crippen LogP contribution is 2.28. The lowest BCUT2D eigenvalue weighted by Gasteiger charge is -2.15. The second-order valence-corrected chi connectivity index (χ2v) is 5.08. The number of rotatable bonds is 6. The minimum Gasteiger partial charge on any atom is -0.385 e. The van der Waals surface area contributed by atoms with Gasteiger partial charge in [-0.05, 0) is 25.3 Å². The van der Waals surface area contributed by atoms with E-state index >= 15 is 0 Å². The molecule has 2 N–H and O–H groups in total. The van der Waals surface area contributed by atoms with Crippen molar-refractivity contribution in [1.29, 1.82) is 0 Å². The van der Waals surface area contributed by atoms with Gasteiger partial charge in [0.15, 0.2) is 0 Å². The van der Waals surface area contributed by atoms with E-state index in [9.17, 15) is 10.1 Å². The topological polar surface area (TPSA) is 67.2 Å². The van der Waals surface area contributed by atoms with Crippen molar-refractivity contribution in [3.63, 3.8) is 0 Å². The average molecular weight is 263 g/mol. The van der Waals surface area contributed by atoms with E-state index in [1.54, 1.807) is 12.1 Å². The Bertz CT molecular complexity index is 442. The van der Waals surface area contributed by atoms with Crippen LogP contribution >= 0.6 is 0 Å². The van der Waals surface area contributed by atoms with Gasteiger partial charge in [-0.1, -0.05) is 19.8 Å². The van der Waals surface area contributed by atoms with Gasteiger partial charge in [0.05, 0.1) is 4.92 Å². The third kappa shape index (κ3) is 3.84. The lowest BCUT2D eigenvalue weighted by Crippen LogP contribution is -2.14. The number of nitrogens with zero attached hydrogens (tertiary/aromatic N) is 1. The van der Waals surface area contributed by atoms with Crippen molar-refractivity contribution in [2.75, 3.05) is 17.2 Å². The molecule has 104 valence electrons. The summed E-state index contributed by atoms with van der Waals surface area (Å²) in [6.45, 7) is 2.89. The van der Waals surface area contributed by atoms with Crippen LogP contribution < -0.4 is 10.6 Å². The van der Waals surface area contributed by atoms with Gasteiger partial charge in [-0.2, -0.15) is 0 Å². The maximum absolute atomic E-state index is 11.0. The van der Waals surface area contributed by atoms with Crippen LogP contribution in [-0.4, -0.2) is 17.5 Å². The van der Waals surface area contributed by atoms with Crippen molar-refractivity contribution in [1.82, 2.24) is 0 Å². The number of benzene rings is 1. The highest BCUT2D eigenvalue weighted by atomic mass is 16.6. The van der Waals surface area contributed by atoms with Crippen molar-refractivity contribution in [2.24, 2.45) is 0 Å². The van der Waals surface area contributed by atoms with E-state index in [0.29, 0.717) is 6.04 Å². The number of nitro groups is 1. The summed E-state index contributed by atoms with van der Waals surface area (Å²) in [5, 5.41) is 17.6. The van der Waals surface area contributed by atoms with Gasteiger partial charge < -0.3 is 10.6 Å². The van der Waals surface area contributed by atoms with Gasteiger partial charge in [-0.25, -0.2) is 0 Å². The molecule has 0 heterocycles. The molecule has 0 spiro atoms. The second kappa shape index (κ2) is 6.41. The number of hydrogen-bond acceptors (Lipinski definition) is 4. The molecule has 1 saturated carbocycles. The first-order valence-electron chi connectivity index (χ1n) is 6.99. The van der Waals surface area contributed by atoms with E-state index in [1.807, 2.05) is 6.07 Å². The standard InChI is InChI=1S/C14H21N3O2/c1-2-7-15-12-8-13(10-14(9-12)17(18)19)16-11-5-3-4-6-11/h8-11,15-16H,2-7H2,1H3. The minimum atomic E-state index is -0.336. The predicted molar refractivity (Wildman–Crippen MR) is 77.8 cm³/mol. The van der Waals surface area contributed by atoms with Gasteiger partial charge in [0, 0.05) is 36.1 Å². The fourth-order valence-electron chi connectivity index (χ4n) is 2.48. The molecule has 0 aliphatic heterocycles. The molecule has 5 heteroatoms. The molecule has 0 atom stereocenters. The summed E-state index contributed by atoms with van der Waals surface area (Å²) in [7, 11) is 0. The monoisotopic (exact) mass is 263 g/mol. The first kappa shape index (κ1) is 13.6. The quantitative estimate of drug-likeness (QED) is 0.605. The summed E-state index contributed by atoms with van der Waals surface area (Å²) < 4.78 is 0. The number of anilines is 2. The molecule has 0 aromatic heterocycles. The number of nitro benzene ring substituents is 1. The van der Waals surface area contributed by atoms with Gasteiger partial charge in [0.25, 0.3) is 5.69 Å². The molecule has 1 aliphatic rings. The van der Waals surface area contributed by atoms with E-state index in [-0.39, 0.29) is 10.6 Å². The van der Waals surface area contributed by atoms with Crippen molar-refractivity contribution in [3.05, 3.63) is 28.3 Å². The Balaban J connectivity index is 2.15. The smallest absolute Gasteiger partial charge is 0.273 e. The van der Waals surface area contributed by atoms with Gasteiger partial charge in [0.2, 0.25) is 0 Å². The molecule has 1 fully saturated rings. The summed E-state index contributed by atoms with van der Waals surface area (Å²) >= 11 is 0. The van der Waals surface area contributed by atoms with Crippen LogP contribution in [0.25, 0.3) is 0 Å². The highest BCUT2D eigenvalue weighted by Gasteiger charge is 2.16. The average Bonchev–Trinajstić information content (AvgIpc) is 2.89. The lowest BCUT2D eigenvalue weighted by molar-refractivity contribution is -0.384. The molecule has 1 aromatic rings. The van der Waals surface area contributed by atoms with E-state index in [2.05, 4.69) is 17.6 Å². The Labute approximate surface area is 113 Å². The number of hydrogen-bond donors (Lipinski definition) is 2. The first-order chi connectivity index (χ1) is 9.19. The molecule has 1 aromatic carbocycles. The molecule has 2 rings (SSSR count). The van der Waals surface area contributed by atoms with Crippen molar-refractivity contribution in [3.8, 4) is 0 Å². The zero-order chi connectivity index (χ0) is 13.7. The van der Waals surface area contributed by atoms with Crippen LogP contribution in [0.4, 0.5) is 17.1 Å². The Morgan fingerprint density at radius 1 is 1.26 bits per heavy atom. The molecule has 0 radical (unpaired) electrons. The van der Waals surface area contributed by atoms with Crippen molar-refractivity contribution >= 4 is 17.1 Å². The Kier molecular flexibility index (Phi) is 4.60. The summed E-state index contributed by atoms with van der Waals surface area (Å²) in [5.74, 6) is 0. The van der Waals surface area contributed by atoms with Crippen LogP contribution in [0.15, 0.2) is 18.2 Å². The molecule has 0 amide bonds. The maximum Gasteiger partial charge on any atom is 0.273 e. The molecule has 1 aliphatic carbocycles. The predicted octanol–water partition coefficient (Wildman–Crippen LogP) is 3.77. The molecule has 0 bridgehead atoms. The van der Waals surface area contributed by atoms with Gasteiger partial charge in [-0.3, -0.25) is 10.1 Å². The second-order valence-electron chi connectivity index (χ2n) is 5.08. The normalized spacial score (nSPS) is 15.4. The van der Waals surface area contributed by atoms with E-state index < -0.39 is 0 Å². The van der Waals surface area contributed by atoms with Crippen LogP contribution in [-0.2, 0) is 0 Å². The van der Waals surface area contributed by atoms with E-state index in [1.165, 1.54) is 12.8 Å². The van der Waals surface area contributed by atoms with Crippen molar-refractivity contribution in [2.45, 2.75) is 45.1 Å². The number of non-ortho nitro benzene ring substituents is 1. The summed E-state index contributed by atoms with van der Waals surface area (Å²) in [6.07, 6.45) is 5.79. The van der Waals surface area contributed by atoms with E-state index in [0.717, 1.165) is 37.2 Å². The Morgan fingerprint density at radius 3 is 2.58 bits per heavy atom.